The number of piperazine rings is 1. The molecule has 3 aromatic rings. The van der Waals surface area contributed by atoms with E-state index in [-0.39, 0.29) is 30.8 Å². The van der Waals surface area contributed by atoms with Crippen molar-refractivity contribution in [1.82, 2.24) is 14.8 Å². The third kappa shape index (κ3) is 6.96. The van der Waals surface area contributed by atoms with Crippen molar-refractivity contribution in [2.45, 2.75) is 50.2 Å². The second-order valence-corrected chi connectivity index (χ2v) is 11.4. The number of pyridine rings is 1. The third-order valence-corrected chi connectivity index (χ3v) is 8.57. The van der Waals surface area contributed by atoms with Crippen LogP contribution in [0.1, 0.15) is 24.8 Å². The van der Waals surface area contributed by atoms with Crippen LogP contribution in [0.4, 0.5) is 5.69 Å². The summed E-state index contributed by atoms with van der Waals surface area (Å²) >= 11 is 0. The number of anilines is 1. The Labute approximate surface area is 242 Å². The fourth-order valence-electron chi connectivity index (χ4n) is 6.43. The maximum absolute atomic E-state index is 13.2. The molecule has 3 aliphatic heterocycles. The van der Waals surface area contributed by atoms with E-state index in [4.69, 9.17) is 9.47 Å². The fraction of sp³-hybridized carbons (Fsp3) is 0.455. The van der Waals surface area contributed by atoms with Crippen LogP contribution in [-0.2, 0) is 20.8 Å². The highest BCUT2D eigenvalue weighted by atomic mass is 16.5. The molecule has 0 bridgehead atoms. The summed E-state index contributed by atoms with van der Waals surface area (Å²) < 4.78 is 12.4. The number of aliphatic hydroxyl groups excluding tert-OH is 1. The highest BCUT2D eigenvalue weighted by Gasteiger charge is 2.38. The third-order valence-electron chi connectivity index (χ3n) is 8.57. The lowest BCUT2D eigenvalue weighted by Gasteiger charge is -2.45. The van der Waals surface area contributed by atoms with Crippen molar-refractivity contribution in [2.75, 3.05) is 50.8 Å². The van der Waals surface area contributed by atoms with Gasteiger partial charge in [-0.3, -0.25) is 14.7 Å². The van der Waals surface area contributed by atoms with Crippen molar-refractivity contribution < 1.29 is 19.4 Å². The van der Waals surface area contributed by atoms with Gasteiger partial charge in [-0.15, -0.1) is 0 Å². The molecule has 0 unspecified atom stereocenters. The number of para-hydroxylation sites is 1. The van der Waals surface area contributed by atoms with Gasteiger partial charge in [0.25, 0.3) is 0 Å². The Balaban J connectivity index is 1.07. The highest BCUT2D eigenvalue weighted by molar-refractivity contribution is 5.77. The Hall–Kier alpha value is -3.30. The smallest absolute Gasteiger partial charge is 0.225 e. The topological polar surface area (TPSA) is 78.4 Å². The number of amides is 1. The minimum Gasteiger partial charge on any atom is -0.389 e. The lowest BCUT2D eigenvalue weighted by atomic mass is 9.94. The molecule has 0 radical (unpaired) electrons. The first-order valence-electron chi connectivity index (χ1n) is 14.8. The van der Waals surface area contributed by atoms with Gasteiger partial charge in [-0.1, -0.05) is 36.4 Å². The molecule has 1 N–H and O–H groups in total. The molecule has 6 rings (SSSR count). The number of hydrogen-bond donors (Lipinski definition) is 1. The molecule has 41 heavy (non-hydrogen) atoms. The molecule has 4 atom stereocenters. The number of carbonyl (C=O) groups excluding carboxylic acids is 1. The summed E-state index contributed by atoms with van der Waals surface area (Å²) in [6.45, 7) is 5.12. The van der Waals surface area contributed by atoms with Gasteiger partial charge in [-0.25, -0.2) is 0 Å². The van der Waals surface area contributed by atoms with E-state index in [0.717, 1.165) is 56.7 Å². The van der Waals surface area contributed by atoms with Crippen molar-refractivity contribution in [3.8, 4) is 11.1 Å². The van der Waals surface area contributed by atoms with Crippen molar-refractivity contribution in [1.29, 1.82) is 0 Å². The molecule has 1 amide bonds. The Morgan fingerprint density at radius 3 is 2.51 bits per heavy atom. The van der Waals surface area contributed by atoms with Crippen LogP contribution in [0.3, 0.4) is 0 Å². The summed E-state index contributed by atoms with van der Waals surface area (Å²) in [5.74, 6) is 0.174. The molecule has 0 saturated carbocycles. The molecular weight excluding hydrogens is 516 g/mol. The van der Waals surface area contributed by atoms with Crippen molar-refractivity contribution in [3.05, 3.63) is 84.7 Å². The predicted octanol–water partition coefficient (Wildman–Crippen LogP) is 3.60. The largest absolute Gasteiger partial charge is 0.389 e. The average Bonchev–Trinajstić information content (AvgIpc) is 3.01. The Bertz CT molecular complexity index is 1270. The van der Waals surface area contributed by atoms with E-state index in [9.17, 15) is 9.90 Å². The number of β-amino-alcohol motifs (C(OH)–C–C–N with tert-alkyl or cyclic N) is 1. The zero-order valence-electron chi connectivity index (χ0n) is 23.6. The van der Waals surface area contributed by atoms with Gasteiger partial charge in [-0.2, -0.15) is 0 Å². The summed E-state index contributed by atoms with van der Waals surface area (Å²) in [6, 6.07) is 23.1. The first-order valence-corrected chi connectivity index (χ1v) is 14.8. The van der Waals surface area contributed by atoms with Crippen molar-refractivity contribution in [2.24, 2.45) is 0 Å². The number of aromatic nitrogens is 1. The molecule has 0 spiro atoms. The van der Waals surface area contributed by atoms with Crippen LogP contribution in [0.15, 0.2) is 79.1 Å². The van der Waals surface area contributed by atoms with Gasteiger partial charge in [0.15, 0.2) is 0 Å². The summed E-state index contributed by atoms with van der Waals surface area (Å²) in [6.07, 6.45) is 4.97. The van der Waals surface area contributed by atoms with Gasteiger partial charge >= 0.3 is 0 Å². The van der Waals surface area contributed by atoms with E-state index in [0.29, 0.717) is 19.6 Å². The normalized spacial score (nSPS) is 25.7. The van der Waals surface area contributed by atoms with Gasteiger partial charge in [-0.05, 0) is 59.9 Å². The molecule has 3 fully saturated rings. The number of hydrogen-bond acceptors (Lipinski definition) is 7. The number of ether oxygens (including phenoxy) is 2. The van der Waals surface area contributed by atoms with Crippen molar-refractivity contribution in [3.63, 3.8) is 0 Å². The highest BCUT2D eigenvalue weighted by Crippen LogP contribution is 2.30. The van der Waals surface area contributed by atoms with E-state index in [1.54, 1.807) is 0 Å². The predicted molar refractivity (Wildman–Crippen MR) is 158 cm³/mol. The summed E-state index contributed by atoms with van der Waals surface area (Å²) in [7, 11) is 0. The number of aliphatic hydroxyl groups is 1. The second kappa shape index (κ2) is 13.1. The quantitative estimate of drug-likeness (QED) is 0.497. The lowest BCUT2D eigenvalue weighted by molar-refractivity contribution is -0.161. The zero-order chi connectivity index (χ0) is 28.0. The van der Waals surface area contributed by atoms with Crippen LogP contribution < -0.4 is 4.90 Å². The molecule has 4 heterocycles. The van der Waals surface area contributed by atoms with Gasteiger partial charge in [0.05, 0.1) is 37.9 Å². The monoisotopic (exact) mass is 556 g/mol. The molecule has 3 aliphatic rings. The lowest BCUT2D eigenvalue weighted by Crippen LogP contribution is -2.56. The average molecular weight is 557 g/mol. The molecule has 1 aromatic heterocycles. The Morgan fingerprint density at radius 2 is 1.71 bits per heavy atom. The molecule has 0 aliphatic carbocycles. The molecule has 8 heteroatoms. The van der Waals surface area contributed by atoms with Gasteiger partial charge < -0.3 is 24.4 Å². The molecule has 2 aromatic carbocycles. The fourth-order valence-corrected chi connectivity index (χ4v) is 6.43. The van der Waals surface area contributed by atoms with Crippen LogP contribution >= 0.6 is 0 Å². The zero-order valence-corrected chi connectivity index (χ0v) is 23.6. The van der Waals surface area contributed by atoms with E-state index in [1.165, 1.54) is 11.3 Å². The summed E-state index contributed by atoms with van der Waals surface area (Å²) in [5.41, 5.74) is 4.69. The van der Waals surface area contributed by atoms with Gasteiger partial charge in [0.1, 0.15) is 0 Å². The van der Waals surface area contributed by atoms with E-state index in [1.807, 2.05) is 35.5 Å². The molecule has 8 nitrogen and oxygen atoms in total. The standard InChI is InChI=1S/C33H40N4O4/c38-29-22-37(21-25-5-4-6-27(19-25)26-11-13-34-14-12-26)31-10-9-30(41-32(31)24-40-23-29)20-33(39)36-17-15-35(16-18-36)28-7-2-1-3-8-28/h1-8,11-14,19,29-32,38H,9-10,15-18,20-24H2/t29-,30+,31+,32-/m0/s1. The van der Waals surface area contributed by atoms with Gasteiger partial charge in [0.2, 0.25) is 5.91 Å². The van der Waals surface area contributed by atoms with Crippen LogP contribution in [0, 0.1) is 0 Å². The van der Waals surface area contributed by atoms with Crippen LogP contribution in [0.2, 0.25) is 0 Å². The molecule has 216 valence electrons. The minimum atomic E-state index is -0.548. The number of nitrogens with zero attached hydrogens (tertiary/aromatic N) is 4. The van der Waals surface area contributed by atoms with Crippen molar-refractivity contribution >= 4 is 11.6 Å². The van der Waals surface area contributed by atoms with Crippen LogP contribution in [0.5, 0.6) is 0 Å². The Kier molecular flexibility index (Phi) is 8.91. The Morgan fingerprint density at radius 1 is 0.902 bits per heavy atom. The second-order valence-electron chi connectivity index (χ2n) is 11.4. The maximum Gasteiger partial charge on any atom is 0.225 e. The van der Waals surface area contributed by atoms with E-state index in [2.05, 4.69) is 63.3 Å². The number of carbonyl (C=O) groups is 1. The SMILES string of the molecule is O=C(C[C@H]1CC[C@@H]2[C@H](COC[C@@H](O)CN2Cc2cccc(-c3ccncc3)c2)O1)N1CCN(c2ccccc2)CC1. The van der Waals surface area contributed by atoms with Gasteiger partial charge in [0, 0.05) is 63.4 Å². The summed E-state index contributed by atoms with van der Waals surface area (Å²) in [5, 5.41) is 10.6. The van der Waals surface area contributed by atoms with Crippen LogP contribution in [-0.4, -0.2) is 96.1 Å². The first kappa shape index (κ1) is 27.8. The molecule has 3 saturated heterocycles. The number of benzene rings is 2. The molecular formula is C33H40N4O4. The van der Waals surface area contributed by atoms with E-state index < -0.39 is 6.10 Å². The minimum absolute atomic E-state index is 0.110. The number of rotatable bonds is 6. The van der Waals surface area contributed by atoms with E-state index >= 15 is 0 Å². The summed E-state index contributed by atoms with van der Waals surface area (Å²) in [4.78, 5) is 24.1. The first-order chi connectivity index (χ1) is 20.1. The number of fused-ring (bicyclic) bond motifs is 1. The van der Waals surface area contributed by atoms with Crippen LogP contribution in [0.25, 0.3) is 11.1 Å². The maximum atomic E-state index is 13.2.